The van der Waals surface area contributed by atoms with Gasteiger partial charge in [-0.05, 0) is 26.8 Å². The minimum Gasteiger partial charge on any atom is -0.351 e. The third kappa shape index (κ3) is 5.46. The number of nitrogens with one attached hydrogen (secondary N) is 1. The first-order valence-electron chi connectivity index (χ1n) is 10.3. The van der Waals surface area contributed by atoms with Crippen LogP contribution in [0, 0.1) is 0 Å². The lowest BCUT2D eigenvalue weighted by atomic mass is 10.0. The maximum Gasteiger partial charge on any atom is 0.258 e. The molecule has 1 aliphatic rings. The second-order valence-electron chi connectivity index (χ2n) is 7.55. The summed E-state index contributed by atoms with van der Waals surface area (Å²) in [6.07, 6.45) is 8.45. The molecular formula is C22H23Cl3N8O2. The Morgan fingerprint density at radius 2 is 1.83 bits per heavy atom. The molecule has 0 radical (unpaired) electrons. The third-order valence-corrected chi connectivity index (χ3v) is 5.15. The summed E-state index contributed by atoms with van der Waals surface area (Å²) < 4.78 is 7.66. The standard InChI is InChI=1S/C18H14Cl2N8O2.C3H6.CH3Cl/c1-18(2)15-10(8-21-13-6-12(20)26-27(13)15)14(30-18)17(29)25-9-5-11(19)16(22-7-9)28-23-3-4-24-28;1-3-2;1-2/h3-8,14H,1-2H3,(H,25,29);3H,1H2,2H3;1H3. The van der Waals surface area contributed by atoms with Crippen molar-refractivity contribution >= 4 is 52.0 Å². The van der Waals surface area contributed by atoms with E-state index in [1.807, 2.05) is 20.8 Å². The molecule has 0 aliphatic carbocycles. The molecule has 0 aromatic carbocycles. The van der Waals surface area contributed by atoms with Crippen LogP contribution in [-0.2, 0) is 15.1 Å². The van der Waals surface area contributed by atoms with Gasteiger partial charge in [0.1, 0.15) is 5.60 Å². The molecule has 1 atom stereocenters. The van der Waals surface area contributed by atoms with Gasteiger partial charge < -0.3 is 10.1 Å². The molecule has 0 saturated heterocycles. The highest BCUT2D eigenvalue weighted by molar-refractivity contribution is 6.32. The van der Waals surface area contributed by atoms with Gasteiger partial charge in [0.25, 0.3) is 5.91 Å². The van der Waals surface area contributed by atoms with E-state index in [0.29, 0.717) is 27.9 Å². The van der Waals surface area contributed by atoms with E-state index in [4.69, 9.17) is 27.9 Å². The van der Waals surface area contributed by atoms with Crippen molar-refractivity contribution in [1.29, 1.82) is 0 Å². The first kappa shape index (κ1) is 26.6. The van der Waals surface area contributed by atoms with Crippen LogP contribution in [0.5, 0.6) is 0 Å². The number of carbonyl (C=O) groups is 1. The predicted molar refractivity (Wildman–Crippen MR) is 135 cm³/mol. The normalized spacial score (nSPS) is 15.3. The maximum atomic E-state index is 13.0. The second-order valence-corrected chi connectivity index (χ2v) is 8.35. The van der Waals surface area contributed by atoms with Crippen LogP contribution in [0.3, 0.4) is 0 Å². The Morgan fingerprint density at radius 3 is 2.46 bits per heavy atom. The number of nitrogens with zero attached hydrogens (tertiary/aromatic N) is 7. The summed E-state index contributed by atoms with van der Waals surface area (Å²) in [5, 5.41) is 15.6. The van der Waals surface area contributed by atoms with Crippen molar-refractivity contribution in [2.24, 2.45) is 0 Å². The van der Waals surface area contributed by atoms with Crippen molar-refractivity contribution in [2.75, 3.05) is 11.7 Å². The van der Waals surface area contributed by atoms with Crippen LogP contribution < -0.4 is 5.32 Å². The van der Waals surface area contributed by atoms with Crippen LogP contribution >= 0.6 is 34.8 Å². The Hall–Kier alpha value is -3.05. The SMILES string of the molecule is C=CC.CC1(C)OC(C(=O)Nc2cnc(-n3nccn3)c(Cl)c2)c2cnc3cc(Cl)nn3c21.CCl. The average molecular weight is 538 g/mol. The number of hydrogen-bond acceptors (Lipinski definition) is 7. The van der Waals surface area contributed by atoms with E-state index in [0.717, 1.165) is 5.69 Å². The zero-order valence-electron chi connectivity index (χ0n) is 19.4. The van der Waals surface area contributed by atoms with Gasteiger partial charge in [-0.15, -0.1) is 23.0 Å². The van der Waals surface area contributed by atoms with Crippen molar-refractivity contribution in [2.45, 2.75) is 32.5 Å². The smallest absolute Gasteiger partial charge is 0.258 e. The molecule has 4 aromatic heterocycles. The molecule has 13 heteroatoms. The number of rotatable bonds is 3. The number of ether oxygens (including phenoxy) is 1. The summed E-state index contributed by atoms with van der Waals surface area (Å²) in [4.78, 5) is 22.9. The molecule has 1 amide bonds. The van der Waals surface area contributed by atoms with Crippen LogP contribution in [0.15, 0.2) is 49.6 Å². The van der Waals surface area contributed by atoms with Crippen LogP contribution in [-0.4, -0.2) is 46.9 Å². The highest BCUT2D eigenvalue weighted by Gasteiger charge is 2.44. The Bertz CT molecular complexity index is 1340. The van der Waals surface area contributed by atoms with E-state index in [1.54, 1.807) is 28.9 Å². The molecule has 0 fully saturated rings. The van der Waals surface area contributed by atoms with Crippen molar-refractivity contribution in [1.82, 2.24) is 34.6 Å². The molecule has 10 nitrogen and oxygen atoms in total. The van der Waals surface area contributed by atoms with Crippen molar-refractivity contribution in [3.8, 4) is 5.82 Å². The number of halogens is 3. The number of anilines is 1. The summed E-state index contributed by atoms with van der Waals surface area (Å²) in [6, 6.07) is 3.22. The van der Waals surface area contributed by atoms with Crippen LogP contribution in [0.2, 0.25) is 10.2 Å². The molecule has 0 saturated carbocycles. The number of pyridine rings is 1. The molecule has 35 heavy (non-hydrogen) atoms. The molecule has 1 N–H and O–H groups in total. The van der Waals surface area contributed by atoms with E-state index in [9.17, 15) is 4.79 Å². The van der Waals surface area contributed by atoms with E-state index >= 15 is 0 Å². The van der Waals surface area contributed by atoms with Gasteiger partial charge in [-0.1, -0.05) is 29.3 Å². The van der Waals surface area contributed by atoms with Gasteiger partial charge >= 0.3 is 0 Å². The molecule has 0 spiro atoms. The fourth-order valence-corrected chi connectivity index (χ4v) is 3.92. The van der Waals surface area contributed by atoms with Crippen LogP contribution in [0.1, 0.15) is 38.1 Å². The van der Waals surface area contributed by atoms with Gasteiger partial charge in [-0.2, -0.15) is 15.3 Å². The average Bonchev–Trinajstić information content (AvgIpc) is 3.53. The van der Waals surface area contributed by atoms with Gasteiger partial charge in [0, 0.05) is 24.2 Å². The van der Waals surface area contributed by atoms with Crippen molar-refractivity contribution in [3.63, 3.8) is 0 Å². The second kappa shape index (κ2) is 11.1. The minimum absolute atomic E-state index is 0.284. The van der Waals surface area contributed by atoms with Crippen molar-refractivity contribution < 1.29 is 9.53 Å². The summed E-state index contributed by atoms with van der Waals surface area (Å²) >= 11 is 16.9. The number of carbonyl (C=O) groups excluding carboxylic acids is 1. The van der Waals surface area contributed by atoms with Crippen LogP contribution in [0.4, 0.5) is 5.69 Å². The first-order valence-corrected chi connectivity index (χ1v) is 11.8. The number of amides is 1. The van der Waals surface area contributed by atoms with Crippen molar-refractivity contribution in [3.05, 3.63) is 71.0 Å². The molecule has 1 unspecified atom stereocenters. The number of alkyl halides is 1. The largest absolute Gasteiger partial charge is 0.351 e. The molecular weight excluding hydrogens is 515 g/mol. The first-order chi connectivity index (χ1) is 16.7. The zero-order valence-corrected chi connectivity index (χ0v) is 21.7. The van der Waals surface area contributed by atoms with Gasteiger partial charge in [0.2, 0.25) is 0 Å². The Balaban J connectivity index is 0.000000638. The molecule has 184 valence electrons. The van der Waals surface area contributed by atoms with Crippen LogP contribution in [0.25, 0.3) is 11.5 Å². The molecule has 5 rings (SSSR count). The van der Waals surface area contributed by atoms with Gasteiger partial charge in [0.15, 0.2) is 22.7 Å². The van der Waals surface area contributed by atoms with E-state index < -0.39 is 11.7 Å². The maximum absolute atomic E-state index is 13.0. The minimum atomic E-state index is -0.888. The highest BCUT2D eigenvalue weighted by atomic mass is 35.5. The summed E-state index contributed by atoms with van der Waals surface area (Å²) in [5.41, 5.74) is 1.54. The van der Waals surface area contributed by atoms with Gasteiger partial charge in [-0.3, -0.25) is 4.79 Å². The number of fused-ring (bicyclic) bond motifs is 3. The van der Waals surface area contributed by atoms with Gasteiger partial charge in [-0.25, -0.2) is 14.5 Å². The number of hydrogen-bond donors (Lipinski definition) is 1. The Morgan fingerprint density at radius 1 is 1.17 bits per heavy atom. The monoisotopic (exact) mass is 536 g/mol. The number of allylic oxidation sites excluding steroid dienone is 1. The highest BCUT2D eigenvalue weighted by Crippen LogP contribution is 2.43. The summed E-state index contributed by atoms with van der Waals surface area (Å²) in [7, 11) is 0. The predicted octanol–water partition coefficient (Wildman–Crippen LogP) is 5.00. The summed E-state index contributed by atoms with van der Waals surface area (Å²) in [5.74, 6) is -0.0329. The molecule has 0 bridgehead atoms. The summed E-state index contributed by atoms with van der Waals surface area (Å²) in [6.45, 7) is 8.97. The fraction of sp³-hybridized carbons (Fsp3) is 0.273. The fourth-order valence-electron chi connectivity index (χ4n) is 3.50. The van der Waals surface area contributed by atoms with E-state index in [-0.39, 0.29) is 10.9 Å². The van der Waals surface area contributed by atoms with E-state index in [1.165, 1.54) is 29.8 Å². The lowest BCUT2D eigenvalue weighted by Gasteiger charge is -2.20. The molecule has 1 aliphatic heterocycles. The topological polar surface area (TPSA) is 112 Å². The lowest BCUT2D eigenvalue weighted by molar-refractivity contribution is -0.135. The number of aromatic nitrogens is 7. The zero-order chi connectivity index (χ0) is 25.8. The lowest BCUT2D eigenvalue weighted by Crippen LogP contribution is -2.24. The Labute approximate surface area is 216 Å². The molecule has 4 aromatic rings. The van der Waals surface area contributed by atoms with Gasteiger partial charge in [0.05, 0.1) is 35.0 Å². The Kier molecular flexibility index (Phi) is 8.44. The third-order valence-electron chi connectivity index (χ3n) is 4.68. The quantitative estimate of drug-likeness (QED) is 0.289. The molecule has 5 heterocycles. The van der Waals surface area contributed by atoms with E-state index in [2.05, 4.69) is 48.8 Å².